The third-order valence-corrected chi connectivity index (χ3v) is 7.26. The highest BCUT2D eigenvalue weighted by Crippen LogP contribution is 2.34. The molecule has 0 aliphatic rings. The first-order chi connectivity index (χ1) is 21.5. The third kappa shape index (κ3) is 6.42. The molecule has 0 saturated heterocycles. The number of carboxylic acid groups (broad SMARTS) is 1. The smallest absolute Gasteiger partial charge is 0.404 e. The van der Waals surface area contributed by atoms with E-state index >= 15 is 0 Å². The Balaban J connectivity index is 1.42. The van der Waals surface area contributed by atoms with Gasteiger partial charge in [0.25, 0.3) is 5.91 Å². The Bertz CT molecular complexity index is 1900. The lowest BCUT2D eigenvalue weighted by Gasteiger charge is -2.23. The van der Waals surface area contributed by atoms with Crippen LogP contribution in [-0.4, -0.2) is 41.9 Å². The minimum absolute atomic E-state index is 0.131. The van der Waals surface area contributed by atoms with Crippen LogP contribution in [0.25, 0.3) is 33.3 Å². The second-order valence-electron chi connectivity index (χ2n) is 10.2. The number of carbonyl (C=O) groups excluding carboxylic acids is 1. The van der Waals surface area contributed by atoms with Crippen molar-refractivity contribution in [2.75, 3.05) is 0 Å². The molecule has 0 aliphatic carbocycles. The maximum absolute atomic E-state index is 13.7. The molecule has 0 unspecified atom stereocenters. The van der Waals surface area contributed by atoms with Crippen molar-refractivity contribution in [1.82, 2.24) is 30.2 Å². The molecule has 2 aromatic carbocycles. The number of fused-ring (bicyclic) bond motifs is 1. The van der Waals surface area contributed by atoms with Gasteiger partial charge in [-0.3, -0.25) is 19.7 Å². The molecule has 4 aromatic heterocycles. The number of hydrogen-bond acceptors (Lipinski definition) is 6. The van der Waals surface area contributed by atoms with E-state index in [1.807, 2.05) is 72.8 Å². The number of amides is 2. The summed E-state index contributed by atoms with van der Waals surface area (Å²) in [5, 5.41) is 12.2. The maximum atomic E-state index is 13.7. The second-order valence-corrected chi connectivity index (χ2v) is 10.2. The van der Waals surface area contributed by atoms with E-state index < -0.39 is 6.09 Å². The van der Waals surface area contributed by atoms with Crippen LogP contribution < -0.4 is 5.32 Å². The van der Waals surface area contributed by atoms with Gasteiger partial charge >= 0.3 is 6.09 Å². The maximum Gasteiger partial charge on any atom is 0.404 e. The van der Waals surface area contributed by atoms with Gasteiger partial charge in [0, 0.05) is 66.2 Å². The average molecular weight is 581 g/mol. The molecule has 4 heterocycles. The Hall–Kier alpha value is -5.96. The second kappa shape index (κ2) is 12.9. The fourth-order valence-corrected chi connectivity index (χ4v) is 5.06. The highest BCUT2D eigenvalue weighted by atomic mass is 16.4. The molecule has 2 N–H and O–H groups in total. The Morgan fingerprint density at radius 3 is 2.14 bits per heavy atom. The first-order valence-electron chi connectivity index (χ1n) is 14.0. The number of aromatic nitrogens is 4. The van der Waals surface area contributed by atoms with Crippen LogP contribution in [0.1, 0.15) is 27.2 Å². The van der Waals surface area contributed by atoms with E-state index in [-0.39, 0.29) is 19.0 Å². The van der Waals surface area contributed by atoms with E-state index in [0.717, 1.165) is 50.1 Å². The predicted octanol–water partition coefficient (Wildman–Crippen LogP) is 6.36. The third-order valence-electron chi connectivity index (χ3n) is 7.26. The highest BCUT2D eigenvalue weighted by molar-refractivity contribution is 5.95. The SMILES string of the molecule is O=C(O)NCc1ccc(-c2nc3ccnc(CN(Cc4ccncc4)C(=O)c4ccncc4)c3cc2-c2ccccc2)cc1. The summed E-state index contributed by atoms with van der Waals surface area (Å²) in [7, 11) is 0. The highest BCUT2D eigenvalue weighted by Gasteiger charge is 2.20. The fraction of sp³-hybridized carbons (Fsp3) is 0.0857. The van der Waals surface area contributed by atoms with Gasteiger partial charge in [0.15, 0.2) is 0 Å². The number of rotatable bonds is 9. The van der Waals surface area contributed by atoms with Crippen molar-refractivity contribution in [2.24, 2.45) is 0 Å². The molecule has 0 atom stereocenters. The molecule has 0 bridgehead atoms. The lowest BCUT2D eigenvalue weighted by atomic mass is 9.96. The molecule has 0 radical (unpaired) electrons. The summed E-state index contributed by atoms with van der Waals surface area (Å²) in [5.41, 5.74) is 7.42. The number of carbonyl (C=O) groups is 2. The molecule has 9 heteroatoms. The molecule has 44 heavy (non-hydrogen) atoms. The van der Waals surface area contributed by atoms with Gasteiger partial charge in [0.05, 0.1) is 23.4 Å². The first-order valence-corrected chi connectivity index (χ1v) is 14.0. The van der Waals surface area contributed by atoms with Crippen LogP contribution >= 0.6 is 0 Å². The standard InChI is InChI=1S/C35H28N6O3/c42-34(28-12-17-37-18-13-28)41(22-25-10-15-36-16-11-25)23-32-30-20-29(26-4-2-1-3-5-26)33(40-31(30)14-19-38-32)27-8-6-24(7-9-27)21-39-35(43)44/h1-20,39H,21-23H2,(H,43,44). The van der Waals surface area contributed by atoms with Gasteiger partial charge in [-0.2, -0.15) is 0 Å². The van der Waals surface area contributed by atoms with Crippen molar-refractivity contribution in [3.63, 3.8) is 0 Å². The minimum Gasteiger partial charge on any atom is -0.465 e. The monoisotopic (exact) mass is 580 g/mol. The molecule has 9 nitrogen and oxygen atoms in total. The van der Waals surface area contributed by atoms with E-state index in [1.165, 1.54) is 0 Å². The normalized spacial score (nSPS) is 10.8. The van der Waals surface area contributed by atoms with Gasteiger partial charge in [-0.1, -0.05) is 54.6 Å². The van der Waals surface area contributed by atoms with Crippen LogP contribution in [0.4, 0.5) is 4.79 Å². The van der Waals surface area contributed by atoms with Crippen LogP contribution in [0, 0.1) is 0 Å². The van der Waals surface area contributed by atoms with Gasteiger partial charge in [-0.25, -0.2) is 9.78 Å². The lowest BCUT2D eigenvalue weighted by molar-refractivity contribution is 0.0728. The quantitative estimate of drug-likeness (QED) is 0.204. The van der Waals surface area contributed by atoms with E-state index in [2.05, 4.69) is 21.4 Å². The van der Waals surface area contributed by atoms with Crippen LogP contribution in [0.3, 0.4) is 0 Å². The molecule has 6 rings (SSSR count). The van der Waals surface area contributed by atoms with Crippen LogP contribution in [0.2, 0.25) is 0 Å². The van der Waals surface area contributed by atoms with Crippen LogP contribution in [0.5, 0.6) is 0 Å². The van der Waals surface area contributed by atoms with Gasteiger partial charge in [0.2, 0.25) is 0 Å². The Morgan fingerprint density at radius 2 is 1.43 bits per heavy atom. The van der Waals surface area contributed by atoms with Gasteiger partial charge in [0.1, 0.15) is 0 Å². The number of pyridine rings is 4. The number of hydrogen-bond donors (Lipinski definition) is 2. The number of nitrogens with zero attached hydrogens (tertiary/aromatic N) is 5. The molecule has 216 valence electrons. The Morgan fingerprint density at radius 1 is 0.727 bits per heavy atom. The molecule has 0 fully saturated rings. The first kappa shape index (κ1) is 28.2. The van der Waals surface area contributed by atoms with E-state index in [0.29, 0.717) is 12.1 Å². The van der Waals surface area contributed by atoms with Gasteiger partial charge in [-0.15, -0.1) is 0 Å². The zero-order valence-corrected chi connectivity index (χ0v) is 23.7. The molecule has 6 aromatic rings. The Labute approximate surface area is 253 Å². The van der Waals surface area contributed by atoms with Gasteiger partial charge in [-0.05, 0) is 53.1 Å². The van der Waals surface area contributed by atoms with Gasteiger partial charge < -0.3 is 15.3 Å². The summed E-state index contributed by atoms with van der Waals surface area (Å²) < 4.78 is 0. The molecule has 0 aliphatic heterocycles. The summed E-state index contributed by atoms with van der Waals surface area (Å²) in [6, 6.07) is 28.9. The summed E-state index contributed by atoms with van der Waals surface area (Å²) >= 11 is 0. The lowest BCUT2D eigenvalue weighted by Crippen LogP contribution is -2.30. The van der Waals surface area contributed by atoms with Crippen molar-refractivity contribution < 1.29 is 14.7 Å². The number of nitrogens with one attached hydrogen (secondary N) is 1. The van der Waals surface area contributed by atoms with E-state index in [4.69, 9.17) is 15.1 Å². The van der Waals surface area contributed by atoms with Crippen LogP contribution in [-0.2, 0) is 19.6 Å². The van der Waals surface area contributed by atoms with E-state index in [1.54, 1.807) is 48.0 Å². The zero-order valence-electron chi connectivity index (χ0n) is 23.7. The summed E-state index contributed by atoms with van der Waals surface area (Å²) in [6.45, 7) is 0.860. The van der Waals surface area contributed by atoms with E-state index in [9.17, 15) is 9.59 Å². The molecular weight excluding hydrogens is 552 g/mol. The van der Waals surface area contributed by atoms with Crippen molar-refractivity contribution in [3.05, 3.63) is 144 Å². The molecular formula is C35H28N6O3. The largest absolute Gasteiger partial charge is 0.465 e. The summed E-state index contributed by atoms with van der Waals surface area (Å²) in [6.07, 6.45) is 7.31. The topological polar surface area (TPSA) is 121 Å². The molecule has 0 spiro atoms. The van der Waals surface area contributed by atoms with Crippen molar-refractivity contribution in [1.29, 1.82) is 0 Å². The fourth-order valence-electron chi connectivity index (χ4n) is 5.06. The van der Waals surface area contributed by atoms with Crippen molar-refractivity contribution in [3.8, 4) is 22.4 Å². The van der Waals surface area contributed by atoms with Crippen LogP contribution in [0.15, 0.2) is 122 Å². The average Bonchev–Trinajstić information content (AvgIpc) is 3.08. The molecule has 0 saturated carbocycles. The van der Waals surface area contributed by atoms with Crippen molar-refractivity contribution in [2.45, 2.75) is 19.6 Å². The number of benzene rings is 2. The minimum atomic E-state index is -1.07. The Kier molecular flexibility index (Phi) is 8.27. The predicted molar refractivity (Wildman–Crippen MR) is 167 cm³/mol. The summed E-state index contributed by atoms with van der Waals surface area (Å²) in [5.74, 6) is -0.131. The van der Waals surface area contributed by atoms with Crippen molar-refractivity contribution >= 4 is 22.9 Å². The zero-order chi connectivity index (χ0) is 30.3. The summed E-state index contributed by atoms with van der Waals surface area (Å²) in [4.78, 5) is 44.5. The molecule has 2 amide bonds.